The predicted octanol–water partition coefficient (Wildman–Crippen LogP) is 2.58. The van der Waals surface area contributed by atoms with E-state index in [2.05, 4.69) is 34.6 Å². The highest BCUT2D eigenvalue weighted by Gasteiger charge is 2.70. The third-order valence-electron chi connectivity index (χ3n) is 15.1. The standard InChI is InChI=1S/C36H58O10/c1-31(2)11-13-36(30(44)46-29-27(42)26(41)25(40)22(17-37)45-29)14-12-34(5)19(20(36)15-31)7-8-24-32(3)16-21(39)28(43)33(4,18-38)23(32)9-10-35(24,34)6/h21-29,37-43H,7-18H2,1-6H3. The van der Waals surface area contributed by atoms with E-state index in [9.17, 15) is 40.5 Å². The predicted molar refractivity (Wildman–Crippen MR) is 168 cm³/mol. The van der Waals surface area contributed by atoms with Crippen LogP contribution < -0.4 is 0 Å². The molecule has 0 amide bonds. The molecule has 4 saturated carbocycles. The molecular weight excluding hydrogens is 592 g/mol. The molecule has 0 aromatic heterocycles. The zero-order chi connectivity index (χ0) is 33.8. The van der Waals surface area contributed by atoms with Crippen LogP contribution in [0.1, 0.15) is 106 Å². The Morgan fingerprint density at radius 2 is 1.50 bits per heavy atom. The van der Waals surface area contributed by atoms with Crippen molar-refractivity contribution < 1.29 is 50.0 Å². The monoisotopic (exact) mass is 650 g/mol. The van der Waals surface area contributed by atoms with Gasteiger partial charge >= 0.3 is 5.97 Å². The fraction of sp³-hybridized carbons (Fsp3) is 0.917. The van der Waals surface area contributed by atoms with Crippen LogP contribution in [0.4, 0.5) is 0 Å². The van der Waals surface area contributed by atoms with E-state index in [0.717, 1.165) is 50.5 Å². The Hall–Kier alpha value is -1.11. The number of aliphatic hydroxyl groups is 7. The van der Waals surface area contributed by atoms with Gasteiger partial charge in [0.15, 0.2) is 0 Å². The molecule has 262 valence electrons. The van der Waals surface area contributed by atoms with Gasteiger partial charge in [-0.3, -0.25) is 4.79 Å². The first-order valence-electron chi connectivity index (χ1n) is 17.6. The zero-order valence-corrected chi connectivity index (χ0v) is 28.5. The summed E-state index contributed by atoms with van der Waals surface area (Å²) < 4.78 is 11.5. The van der Waals surface area contributed by atoms with Crippen molar-refractivity contribution >= 4 is 5.97 Å². The Labute approximate surface area is 273 Å². The molecule has 1 heterocycles. The maximum absolute atomic E-state index is 14.4. The molecule has 14 unspecified atom stereocenters. The van der Waals surface area contributed by atoms with Crippen LogP contribution in [0.2, 0.25) is 0 Å². The molecule has 6 rings (SSSR count). The number of hydrogen-bond donors (Lipinski definition) is 7. The van der Waals surface area contributed by atoms with E-state index in [1.54, 1.807) is 0 Å². The number of ether oxygens (including phenoxy) is 2. The summed E-state index contributed by atoms with van der Waals surface area (Å²) in [7, 11) is 0. The number of aliphatic hydroxyl groups excluding tert-OH is 7. The van der Waals surface area contributed by atoms with E-state index < -0.39 is 66.3 Å². The van der Waals surface area contributed by atoms with E-state index in [1.165, 1.54) is 5.57 Å². The molecule has 14 atom stereocenters. The quantitative estimate of drug-likeness (QED) is 0.177. The van der Waals surface area contributed by atoms with Crippen LogP contribution >= 0.6 is 0 Å². The molecule has 5 fully saturated rings. The first-order valence-corrected chi connectivity index (χ1v) is 17.6. The van der Waals surface area contributed by atoms with Gasteiger partial charge in [0, 0.05) is 5.41 Å². The summed E-state index contributed by atoms with van der Waals surface area (Å²) in [6.07, 6.45) is -1.86. The number of rotatable bonds is 4. The SMILES string of the molecule is CC1(C)CCC2(C(=O)OC3OC(CO)C(O)C(O)C3O)CCC3(C)C(=C2C1)CCC1C2(C)CC(O)C(O)C(C)(CO)C2CCC13C. The van der Waals surface area contributed by atoms with Gasteiger partial charge in [-0.25, -0.2) is 0 Å². The minimum Gasteiger partial charge on any atom is -0.432 e. The minimum absolute atomic E-state index is 0.0263. The summed E-state index contributed by atoms with van der Waals surface area (Å²) in [6.45, 7) is 12.7. The van der Waals surface area contributed by atoms with Gasteiger partial charge in [0.2, 0.25) is 6.29 Å². The van der Waals surface area contributed by atoms with E-state index in [0.29, 0.717) is 19.3 Å². The summed E-state index contributed by atoms with van der Waals surface area (Å²) in [5, 5.41) is 73.8. The molecular formula is C36H58O10. The molecule has 1 aliphatic heterocycles. The van der Waals surface area contributed by atoms with Gasteiger partial charge in [0.25, 0.3) is 0 Å². The molecule has 1 saturated heterocycles. The second-order valence-electron chi connectivity index (χ2n) is 17.8. The fourth-order valence-corrected chi connectivity index (χ4v) is 12.1. The van der Waals surface area contributed by atoms with Crippen molar-refractivity contribution in [2.75, 3.05) is 13.2 Å². The topological polar surface area (TPSA) is 177 Å². The van der Waals surface area contributed by atoms with Crippen LogP contribution in [-0.4, -0.2) is 97.8 Å². The van der Waals surface area contributed by atoms with Crippen LogP contribution in [0.3, 0.4) is 0 Å². The first-order chi connectivity index (χ1) is 21.3. The Balaban J connectivity index is 1.38. The van der Waals surface area contributed by atoms with Crippen LogP contribution in [0.5, 0.6) is 0 Å². The van der Waals surface area contributed by atoms with Crippen molar-refractivity contribution in [3.8, 4) is 0 Å². The van der Waals surface area contributed by atoms with Gasteiger partial charge in [0.1, 0.15) is 24.4 Å². The number of fused-ring (bicyclic) bond motifs is 6. The lowest BCUT2D eigenvalue weighted by atomic mass is 9.33. The summed E-state index contributed by atoms with van der Waals surface area (Å²) in [5.41, 5.74) is 0.150. The molecule has 7 N–H and O–H groups in total. The molecule has 0 aromatic rings. The maximum Gasteiger partial charge on any atom is 0.318 e. The van der Waals surface area contributed by atoms with Crippen LogP contribution in [0, 0.1) is 44.3 Å². The lowest BCUT2D eigenvalue weighted by Gasteiger charge is -2.71. The number of carbonyl (C=O) groups is 1. The molecule has 46 heavy (non-hydrogen) atoms. The van der Waals surface area contributed by atoms with Crippen LogP contribution in [0.25, 0.3) is 0 Å². The summed E-state index contributed by atoms with van der Waals surface area (Å²) in [6, 6.07) is 0. The van der Waals surface area contributed by atoms with Gasteiger partial charge in [-0.15, -0.1) is 0 Å². The van der Waals surface area contributed by atoms with Gasteiger partial charge in [-0.05, 0) is 97.7 Å². The van der Waals surface area contributed by atoms with Crippen molar-refractivity contribution in [3.63, 3.8) is 0 Å². The minimum atomic E-state index is -1.65. The highest BCUT2D eigenvalue weighted by atomic mass is 16.7. The van der Waals surface area contributed by atoms with Gasteiger partial charge < -0.3 is 45.2 Å². The summed E-state index contributed by atoms with van der Waals surface area (Å²) in [4.78, 5) is 14.4. The highest BCUT2D eigenvalue weighted by Crippen LogP contribution is 2.75. The lowest BCUT2D eigenvalue weighted by Crippen LogP contribution is -2.68. The Morgan fingerprint density at radius 3 is 2.15 bits per heavy atom. The molecule has 6 aliphatic rings. The van der Waals surface area contributed by atoms with E-state index in [1.807, 2.05) is 6.92 Å². The Kier molecular flexibility index (Phi) is 8.46. The summed E-state index contributed by atoms with van der Waals surface area (Å²) in [5.74, 6) is -0.154. The fourth-order valence-electron chi connectivity index (χ4n) is 12.1. The lowest BCUT2D eigenvalue weighted by molar-refractivity contribution is -0.295. The number of carbonyl (C=O) groups excluding carboxylic acids is 1. The average molecular weight is 651 g/mol. The molecule has 0 spiro atoms. The second kappa shape index (κ2) is 11.2. The number of esters is 1. The van der Waals surface area contributed by atoms with Crippen molar-refractivity contribution in [1.82, 2.24) is 0 Å². The molecule has 0 bridgehead atoms. The third-order valence-corrected chi connectivity index (χ3v) is 15.1. The third kappa shape index (κ3) is 4.60. The smallest absolute Gasteiger partial charge is 0.318 e. The van der Waals surface area contributed by atoms with E-state index >= 15 is 0 Å². The average Bonchev–Trinajstić information content (AvgIpc) is 3.00. The van der Waals surface area contributed by atoms with Crippen LogP contribution in [0.15, 0.2) is 11.1 Å². The van der Waals surface area contributed by atoms with Gasteiger partial charge in [-0.2, -0.15) is 0 Å². The largest absolute Gasteiger partial charge is 0.432 e. The van der Waals surface area contributed by atoms with Crippen molar-refractivity contribution in [2.24, 2.45) is 44.3 Å². The molecule has 10 nitrogen and oxygen atoms in total. The Morgan fingerprint density at radius 1 is 0.826 bits per heavy atom. The summed E-state index contributed by atoms with van der Waals surface area (Å²) >= 11 is 0. The zero-order valence-electron chi connectivity index (χ0n) is 28.5. The maximum atomic E-state index is 14.4. The number of allylic oxidation sites excluding steroid dienone is 1. The molecule has 10 heteroatoms. The van der Waals surface area contributed by atoms with E-state index in [-0.39, 0.29) is 40.1 Å². The Bertz CT molecular complexity index is 1250. The molecule has 5 aliphatic carbocycles. The van der Waals surface area contributed by atoms with Gasteiger partial charge in [0.05, 0.1) is 30.8 Å². The van der Waals surface area contributed by atoms with Gasteiger partial charge in [-0.1, -0.05) is 52.7 Å². The van der Waals surface area contributed by atoms with Crippen molar-refractivity contribution in [2.45, 2.75) is 149 Å². The number of hydrogen-bond acceptors (Lipinski definition) is 10. The normalized spacial score (nSPS) is 53.4. The van der Waals surface area contributed by atoms with E-state index in [4.69, 9.17) is 9.47 Å². The van der Waals surface area contributed by atoms with Crippen molar-refractivity contribution in [3.05, 3.63) is 11.1 Å². The first kappa shape index (κ1) is 34.7. The molecule has 0 radical (unpaired) electrons. The molecule has 0 aromatic carbocycles. The highest BCUT2D eigenvalue weighted by molar-refractivity contribution is 5.82. The van der Waals surface area contributed by atoms with Crippen LogP contribution in [-0.2, 0) is 14.3 Å². The second-order valence-corrected chi connectivity index (χ2v) is 17.8. The van der Waals surface area contributed by atoms with Crippen molar-refractivity contribution in [1.29, 1.82) is 0 Å².